The Hall–Kier alpha value is -1.95. The largest absolute Gasteiger partial charge is 0.481 e. The summed E-state index contributed by atoms with van der Waals surface area (Å²) in [5, 5.41) is 19.3. The number of nitro groups is 1. The zero-order valence-electron chi connectivity index (χ0n) is 11.8. The summed E-state index contributed by atoms with van der Waals surface area (Å²) in [6.45, 7) is 2.55. The molecule has 6 heteroatoms. The highest BCUT2D eigenvalue weighted by Gasteiger charge is 2.15. The molecule has 20 heavy (non-hydrogen) atoms. The molecule has 0 aliphatic rings. The highest BCUT2D eigenvalue weighted by molar-refractivity contribution is 5.66. The summed E-state index contributed by atoms with van der Waals surface area (Å²) in [5.74, 6) is -0.804. The number of rotatable bonds is 8. The number of non-ortho nitro benzene ring substituents is 1. The van der Waals surface area contributed by atoms with Crippen LogP contribution >= 0.6 is 0 Å². The lowest BCUT2D eigenvalue weighted by Crippen LogP contribution is -2.34. The number of nitrogens with zero attached hydrogens (tertiary/aromatic N) is 2. The molecule has 0 aliphatic heterocycles. The number of carboxylic acids is 1. The van der Waals surface area contributed by atoms with Gasteiger partial charge in [-0.15, -0.1) is 0 Å². The maximum Gasteiger partial charge on any atom is 0.304 e. The molecule has 1 aromatic rings. The monoisotopic (exact) mass is 280 g/mol. The van der Waals surface area contributed by atoms with Crippen molar-refractivity contribution in [3.63, 3.8) is 0 Å². The predicted octanol–water partition coefficient (Wildman–Crippen LogP) is 2.32. The van der Waals surface area contributed by atoms with Crippen LogP contribution in [0.2, 0.25) is 0 Å². The lowest BCUT2D eigenvalue weighted by Gasteiger charge is -2.26. The third kappa shape index (κ3) is 4.97. The van der Waals surface area contributed by atoms with E-state index in [0.717, 1.165) is 18.4 Å². The molecule has 0 spiro atoms. The highest BCUT2D eigenvalue weighted by atomic mass is 16.6. The van der Waals surface area contributed by atoms with Crippen LogP contribution in [0.15, 0.2) is 24.3 Å². The Morgan fingerprint density at radius 1 is 1.40 bits per heavy atom. The second-order valence-electron chi connectivity index (χ2n) is 4.81. The molecule has 0 saturated heterocycles. The van der Waals surface area contributed by atoms with Crippen molar-refractivity contribution in [3.05, 3.63) is 39.9 Å². The first kappa shape index (κ1) is 16.1. The Kier molecular flexibility index (Phi) is 6.11. The molecular formula is C14H20N2O4. The summed E-state index contributed by atoms with van der Waals surface area (Å²) in [5.41, 5.74) is 1.10. The van der Waals surface area contributed by atoms with Gasteiger partial charge in [0.05, 0.1) is 11.3 Å². The summed E-state index contributed by atoms with van der Waals surface area (Å²) < 4.78 is 0. The first-order valence-corrected chi connectivity index (χ1v) is 6.59. The Balaban J connectivity index is 2.63. The van der Waals surface area contributed by atoms with Crippen molar-refractivity contribution in [1.29, 1.82) is 0 Å². The summed E-state index contributed by atoms with van der Waals surface area (Å²) in [6, 6.07) is 6.74. The third-order valence-electron chi connectivity index (χ3n) is 3.39. The van der Waals surface area contributed by atoms with Crippen molar-refractivity contribution in [1.82, 2.24) is 4.90 Å². The molecule has 1 aromatic carbocycles. The summed E-state index contributed by atoms with van der Waals surface area (Å²) >= 11 is 0. The van der Waals surface area contributed by atoms with Crippen LogP contribution in [-0.2, 0) is 11.2 Å². The molecular weight excluding hydrogens is 260 g/mol. The molecule has 0 aromatic heterocycles. The molecule has 0 fully saturated rings. The molecule has 1 N–H and O–H groups in total. The smallest absolute Gasteiger partial charge is 0.304 e. The maximum absolute atomic E-state index is 10.6. The van der Waals surface area contributed by atoms with Gasteiger partial charge in [-0.05, 0) is 25.5 Å². The maximum atomic E-state index is 10.6. The average Bonchev–Trinajstić information content (AvgIpc) is 2.42. The predicted molar refractivity (Wildman–Crippen MR) is 75.8 cm³/mol. The normalized spacial score (nSPS) is 12.3. The van der Waals surface area contributed by atoms with Crippen molar-refractivity contribution >= 4 is 11.7 Å². The van der Waals surface area contributed by atoms with Crippen LogP contribution in [0.5, 0.6) is 0 Å². The van der Waals surface area contributed by atoms with E-state index in [-0.39, 0.29) is 18.2 Å². The minimum Gasteiger partial charge on any atom is -0.481 e. The average molecular weight is 280 g/mol. The van der Waals surface area contributed by atoms with Crippen molar-refractivity contribution < 1.29 is 14.8 Å². The van der Waals surface area contributed by atoms with Crippen LogP contribution in [0, 0.1) is 10.1 Å². The number of aliphatic carboxylic acids is 1. The van der Waals surface area contributed by atoms with E-state index in [4.69, 9.17) is 5.11 Å². The summed E-state index contributed by atoms with van der Waals surface area (Å²) in [7, 11) is 1.91. The van der Waals surface area contributed by atoms with Gasteiger partial charge in [-0.2, -0.15) is 0 Å². The van der Waals surface area contributed by atoms with Gasteiger partial charge in [-0.1, -0.05) is 19.1 Å². The van der Waals surface area contributed by atoms with E-state index in [9.17, 15) is 14.9 Å². The Labute approximate surface area is 118 Å². The van der Waals surface area contributed by atoms with E-state index in [1.807, 2.05) is 18.9 Å². The quantitative estimate of drug-likeness (QED) is 0.583. The summed E-state index contributed by atoms with van der Waals surface area (Å²) in [4.78, 5) is 22.8. The first-order chi connectivity index (χ1) is 9.43. The molecule has 6 nitrogen and oxygen atoms in total. The fraction of sp³-hybridized carbons (Fsp3) is 0.500. The SMILES string of the molecule is CCC(Cc1ccc([N+](=O)[O-])cc1)N(C)CCC(=O)O. The highest BCUT2D eigenvalue weighted by Crippen LogP contribution is 2.16. The zero-order valence-corrected chi connectivity index (χ0v) is 11.8. The topological polar surface area (TPSA) is 83.7 Å². The van der Waals surface area contributed by atoms with Crippen molar-refractivity contribution in [2.75, 3.05) is 13.6 Å². The second-order valence-corrected chi connectivity index (χ2v) is 4.81. The molecule has 0 amide bonds. The van der Waals surface area contributed by atoms with Crippen LogP contribution in [0.3, 0.4) is 0 Å². The number of benzene rings is 1. The van der Waals surface area contributed by atoms with E-state index in [0.29, 0.717) is 6.54 Å². The van der Waals surface area contributed by atoms with Gasteiger partial charge in [0, 0.05) is 24.7 Å². The molecule has 0 bridgehead atoms. The van der Waals surface area contributed by atoms with Gasteiger partial charge < -0.3 is 10.0 Å². The van der Waals surface area contributed by atoms with Gasteiger partial charge in [0.15, 0.2) is 0 Å². The first-order valence-electron chi connectivity index (χ1n) is 6.59. The third-order valence-corrected chi connectivity index (χ3v) is 3.39. The summed E-state index contributed by atoms with van der Waals surface area (Å²) in [6.07, 6.45) is 1.77. The molecule has 110 valence electrons. The standard InChI is InChI=1S/C14H20N2O4/c1-3-12(15(2)9-8-14(17)18)10-11-4-6-13(7-5-11)16(19)20/h4-7,12H,3,8-10H2,1-2H3,(H,17,18). The van der Waals surface area contributed by atoms with Gasteiger partial charge >= 0.3 is 5.97 Å². The number of nitro benzene ring substituents is 1. The van der Waals surface area contributed by atoms with Crippen molar-refractivity contribution in [3.8, 4) is 0 Å². The number of carboxylic acid groups (broad SMARTS) is 1. The van der Waals surface area contributed by atoms with Crippen LogP contribution < -0.4 is 0 Å². The Bertz CT molecular complexity index is 459. The fourth-order valence-electron chi connectivity index (χ4n) is 2.09. The molecule has 0 heterocycles. The van der Waals surface area contributed by atoms with Crippen molar-refractivity contribution in [2.24, 2.45) is 0 Å². The lowest BCUT2D eigenvalue weighted by atomic mass is 10.0. The van der Waals surface area contributed by atoms with Crippen molar-refractivity contribution in [2.45, 2.75) is 32.2 Å². The van der Waals surface area contributed by atoms with Crippen LogP contribution in [0.4, 0.5) is 5.69 Å². The van der Waals surface area contributed by atoms with Gasteiger partial charge in [-0.25, -0.2) is 0 Å². The molecule has 0 aliphatic carbocycles. The number of likely N-dealkylation sites (N-methyl/N-ethyl adjacent to an activating group) is 1. The van der Waals surface area contributed by atoms with Gasteiger partial charge in [0.25, 0.3) is 5.69 Å². The Morgan fingerprint density at radius 2 is 2.00 bits per heavy atom. The van der Waals surface area contributed by atoms with Gasteiger partial charge in [-0.3, -0.25) is 14.9 Å². The molecule has 1 unspecified atom stereocenters. The van der Waals surface area contributed by atoms with E-state index in [1.165, 1.54) is 12.1 Å². The van der Waals surface area contributed by atoms with Gasteiger partial charge in [0.1, 0.15) is 0 Å². The van der Waals surface area contributed by atoms with Crippen LogP contribution in [0.25, 0.3) is 0 Å². The second kappa shape index (κ2) is 7.59. The van der Waals surface area contributed by atoms with E-state index >= 15 is 0 Å². The van der Waals surface area contributed by atoms with E-state index < -0.39 is 10.9 Å². The number of hydrogen-bond donors (Lipinski definition) is 1. The van der Waals surface area contributed by atoms with E-state index in [1.54, 1.807) is 12.1 Å². The van der Waals surface area contributed by atoms with Crippen LogP contribution in [-0.4, -0.2) is 40.5 Å². The minimum atomic E-state index is -0.804. The van der Waals surface area contributed by atoms with Crippen LogP contribution in [0.1, 0.15) is 25.3 Å². The number of hydrogen-bond acceptors (Lipinski definition) is 4. The lowest BCUT2D eigenvalue weighted by molar-refractivity contribution is -0.384. The molecule has 0 saturated carbocycles. The van der Waals surface area contributed by atoms with Gasteiger partial charge in [0.2, 0.25) is 0 Å². The molecule has 0 radical (unpaired) electrons. The van der Waals surface area contributed by atoms with E-state index in [2.05, 4.69) is 0 Å². The minimum absolute atomic E-state index is 0.0843. The molecule has 1 atom stereocenters. The zero-order chi connectivity index (χ0) is 15.1. The number of carbonyl (C=O) groups is 1. The fourth-order valence-corrected chi connectivity index (χ4v) is 2.09. The Morgan fingerprint density at radius 3 is 2.45 bits per heavy atom. The molecule has 1 rings (SSSR count).